The van der Waals surface area contributed by atoms with Crippen LogP contribution in [0.5, 0.6) is 0 Å². The van der Waals surface area contributed by atoms with Gasteiger partial charge in [0.1, 0.15) is 17.2 Å². The number of nitrogens with zero attached hydrogens (tertiary/aromatic N) is 2. The third-order valence-corrected chi connectivity index (χ3v) is 6.91. The van der Waals surface area contributed by atoms with Crippen molar-refractivity contribution in [3.63, 3.8) is 0 Å². The van der Waals surface area contributed by atoms with E-state index in [1.165, 1.54) is 34.5 Å². The maximum absolute atomic E-state index is 14.0. The molecule has 2 heterocycles. The molecule has 1 aliphatic heterocycles. The van der Waals surface area contributed by atoms with Gasteiger partial charge in [0.2, 0.25) is 5.91 Å². The summed E-state index contributed by atoms with van der Waals surface area (Å²) in [7, 11) is 1.64. The lowest BCUT2D eigenvalue weighted by Gasteiger charge is -2.37. The summed E-state index contributed by atoms with van der Waals surface area (Å²) >= 11 is 1.32. The molecule has 1 aliphatic rings. The second kappa shape index (κ2) is 10.1. The van der Waals surface area contributed by atoms with Crippen molar-refractivity contribution in [2.45, 2.75) is 30.1 Å². The van der Waals surface area contributed by atoms with Crippen LogP contribution in [0.25, 0.3) is 10.9 Å². The average Bonchev–Trinajstić information content (AvgIpc) is 2.85. The molecular formula is C24H25F2N5O3S. The van der Waals surface area contributed by atoms with Gasteiger partial charge < -0.3 is 16.0 Å². The molecule has 0 unspecified atom stereocenters. The summed E-state index contributed by atoms with van der Waals surface area (Å²) < 4.78 is 28.6. The number of benzene rings is 2. The monoisotopic (exact) mass is 501 g/mol. The van der Waals surface area contributed by atoms with Gasteiger partial charge in [0.05, 0.1) is 10.9 Å². The average molecular weight is 502 g/mol. The van der Waals surface area contributed by atoms with E-state index in [1.54, 1.807) is 19.4 Å². The highest BCUT2D eigenvalue weighted by molar-refractivity contribution is 7.98. The van der Waals surface area contributed by atoms with E-state index >= 15 is 0 Å². The molecule has 184 valence electrons. The molecule has 2 aromatic carbocycles. The fourth-order valence-electron chi connectivity index (χ4n) is 4.14. The fraction of sp³-hybridized carbons (Fsp3) is 0.333. The molecule has 8 nitrogen and oxygen atoms in total. The molecule has 0 spiro atoms. The molecule has 0 atom stereocenters. The summed E-state index contributed by atoms with van der Waals surface area (Å²) in [6, 6.07) is 7.76. The number of hydrogen-bond donors (Lipinski definition) is 3. The zero-order valence-electron chi connectivity index (χ0n) is 19.3. The number of rotatable bonds is 6. The van der Waals surface area contributed by atoms with Crippen molar-refractivity contribution in [1.29, 1.82) is 0 Å². The van der Waals surface area contributed by atoms with Crippen LogP contribution < -0.4 is 21.5 Å². The van der Waals surface area contributed by atoms with Crippen LogP contribution >= 0.6 is 11.8 Å². The number of hydrogen-bond acceptors (Lipinski definition) is 6. The van der Waals surface area contributed by atoms with Crippen LogP contribution in [-0.4, -0.2) is 46.2 Å². The minimum atomic E-state index is -1.21. The topological polar surface area (TPSA) is 105 Å². The van der Waals surface area contributed by atoms with Gasteiger partial charge in [-0.2, -0.15) is 0 Å². The standard InChI is InChI=1S/C24H25F2N5O3S/c1-31-21(33)17-6-4-14(11-19(17)29-23(31)35-2)20(32)30-24(7-9-27-10-8-24)22(34)28-13-15-3-5-16(25)12-18(15)26/h3-6,11-12,27H,7-10,13H2,1-2H3,(H,28,34)(H,30,32). The molecule has 1 aromatic heterocycles. The first kappa shape index (κ1) is 24.8. The van der Waals surface area contributed by atoms with E-state index in [4.69, 9.17) is 0 Å². The van der Waals surface area contributed by atoms with E-state index < -0.39 is 29.0 Å². The number of thioether (sulfide) groups is 1. The second-order valence-corrected chi connectivity index (χ2v) is 9.17. The van der Waals surface area contributed by atoms with Crippen molar-refractivity contribution >= 4 is 34.5 Å². The lowest BCUT2D eigenvalue weighted by molar-refractivity contribution is -0.128. The Morgan fingerprint density at radius 2 is 1.91 bits per heavy atom. The fourth-order valence-corrected chi connectivity index (χ4v) is 4.68. The number of nitrogens with one attached hydrogen (secondary N) is 3. The molecule has 0 radical (unpaired) electrons. The SMILES string of the molecule is CSc1nc2cc(C(=O)NC3(C(=O)NCc4ccc(F)cc4F)CCNCC3)ccc2c(=O)n1C. The largest absolute Gasteiger partial charge is 0.350 e. The first-order valence-electron chi connectivity index (χ1n) is 11.0. The molecule has 3 aromatic rings. The zero-order chi connectivity index (χ0) is 25.2. The highest BCUT2D eigenvalue weighted by Gasteiger charge is 2.41. The van der Waals surface area contributed by atoms with Gasteiger partial charge in [0.15, 0.2) is 5.16 Å². The number of halogens is 2. The summed E-state index contributed by atoms with van der Waals surface area (Å²) in [4.78, 5) is 43.5. The molecule has 0 bridgehead atoms. The van der Waals surface area contributed by atoms with Gasteiger partial charge in [-0.3, -0.25) is 19.0 Å². The number of piperidine rings is 1. The quantitative estimate of drug-likeness (QED) is 0.353. The number of fused-ring (bicyclic) bond motifs is 1. The third-order valence-electron chi connectivity index (χ3n) is 6.18. The van der Waals surface area contributed by atoms with Gasteiger partial charge in [0.25, 0.3) is 11.5 Å². The summed E-state index contributed by atoms with van der Waals surface area (Å²) in [6.45, 7) is 0.868. The van der Waals surface area contributed by atoms with Gasteiger partial charge >= 0.3 is 0 Å². The van der Waals surface area contributed by atoms with Gasteiger partial charge in [-0.05, 0) is 56.5 Å². The van der Waals surface area contributed by atoms with Crippen molar-refractivity contribution in [3.05, 3.63) is 69.5 Å². The lowest BCUT2D eigenvalue weighted by Crippen LogP contribution is -2.62. The summed E-state index contributed by atoms with van der Waals surface area (Å²) in [6.07, 6.45) is 2.47. The van der Waals surface area contributed by atoms with Crippen LogP contribution in [0, 0.1) is 11.6 Å². The molecule has 35 heavy (non-hydrogen) atoms. The maximum Gasteiger partial charge on any atom is 0.261 e. The van der Waals surface area contributed by atoms with Crippen molar-refractivity contribution < 1.29 is 18.4 Å². The van der Waals surface area contributed by atoms with Crippen LogP contribution in [0.2, 0.25) is 0 Å². The van der Waals surface area contributed by atoms with Crippen LogP contribution in [0.3, 0.4) is 0 Å². The maximum atomic E-state index is 14.0. The van der Waals surface area contributed by atoms with Crippen LogP contribution in [0.15, 0.2) is 46.3 Å². The van der Waals surface area contributed by atoms with Crippen molar-refractivity contribution in [2.75, 3.05) is 19.3 Å². The zero-order valence-corrected chi connectivity index (χ0v) is 20.1. The molecule has 1 saturated heterocycles. The highest BCUT2D eigenvalue weighted by Crippen LogP contribution is 2.22. The van der Waals surface area contributed by atoms with E-state index in [0.29, 0.717) is 42.0 Å². The van der Waals surface area contributed by atoms with Gasteiger partial charge in [0, 0.05) is 30.8 Å². The number of aromatic nitrogens is 2. The summed E-state index contributed by atoms with van der Waals surface area (Å²) in [5.74, 6) is -2.39. The number of carbonyl (C=O) groups is 2. The number of carbonyl (C=O) groups excluding carboxylic acids is 2. The molecule has 11 heteroatoms. The Hall–Kier alpha value is -3.31. The Bertz CT molecular complexity index is 1350. The molecule has 0 saturated carbocycles. The van der Waals surface area contributed by atoms with E-state index in [0.717, 1.165) is 12.1 Å². The van der Waals surface area contributed by atoms with Crippen molar-refractivity contribution in [1.82, 2.24) is 25.5 Å². The summed E-state index contributed by atoms with van der Waals surface area (Å²) in [5.41, 5.74) is -0.630. The van der Waals surface area contributed by atoms with E-state index in [2.05, 4.69) is 20.9 Å². The molecule has 3 N–H and O–H groups in total. The van der Waals surface area contributed by atoms with Crippen molar-refractivity contribution in [3.8, 4) is 0 Å². The normalized spacial score (nSPS) is 15.1. The van der Waals surface area contributed by atoms with Crippen LogP contribution in [0.1, 0.15) is 28.8 Å². The van der Waals surface area contributed by atoms with E-state index in [-0.39, 0.29) is 23.2 Å². The molecule has 0 aliphatic carbocycles. The van der Waals surface area contributed by atoms with Crippen LogP contribution in [0.4, 0.5) is 8.78 Å². The molecule has 1 fully saturated rings. The highest BCUT2D eigenvalue weighted by atomic mass is 32.2. The van der Waals surface area contributed by atoms with E-state index in [1.807, 2.05) is 0 Å². The second-order valence-electron chi connectivity index (χ2n) is 8.40. The Morgan fingerprint density at radius 3 is 2.60 bits per heavy atom. The minimum Gasteiger partial charge on any atom is -0.350 e. The lowest BCUT2D eigenvalue weighted by atomic mass is 9.86. The predicted octanol–water partition coefficient (Wildman–Crippen LogP) is 2.10. The van der Waals surface area contributed by atoms with E-state index in [9.17, 15) is 23.2 Å². The predicted molar refractivity (Wildman–Crippen MR) is 129 cm³/mol. The third kappa shape index (κ3) is 5.06. The smallest absolute Gasteiger partial charge is 0.261 e. The molecule has 4 rings (SSSR count). The molecular weight excluding hydrogens is 476 g/mol. The van der Waals surface area contributed by atoms with Crippen molar-refractivity contribution in [2.24, 2.45) is 7.05 Å². The Labute approximate surface area is 204 Å². The van der Waals surface area contributed by atoms with Crippen LogP contribution in [-0.2, 0) is 18.4 Å². The Morgan fingerprint density at radius 1 is 1.17 bits per heavy atom. The first-order valence-corrected chi connectivity index (χ1v) is 12.3. The Balaban J connectivity index is 1.57. The summed E-state index contributed by atoms with van der Waals surface area (Å²) in [5, 5.41) is 9.61. The van der Waals surface area contributed by atoms with Gasteiger partial charge in [-0.25, -0.2) is 13.8 Å². The first-order chi connectivity index (χ1) is 16.7. The Kier molecular flexibility index (Phi) is 7.18. The van der Waals surface area contributed by atoms with Gasteiger partial charge in [-0.15, -0.1) is 0 Å². The molecule has 2 amide bonds. The minimum absolute atomic E-state index is 0.141. The number of amides is 2. The van der Waals surface area contributed by atoms with Gasteiger partial charge in [-0.1, -0.05) is 17.8 Å².